The van der Waals surface area contributed by atoms with Crippen LogP contribution in [0.15, 0.2) is 40.2 Å². The average Bonchev–Trinajstić information content (AvgIpc) is 2.89. The fourth-order valence-corrected chi connectivity index (χ4v) is 2.22. The molecule has 7 nitrogen and oxygen atoms in total. The maximum Gasteiger partial charge on any atom is 0.264 e. The zero-order valence-electron chi connectivity index (χ0n) is 9.57. The molecular formula is C11H9N3O4S. The first-order valence-electron chi connectivity index (χ1n) is 5.10. The number of pyridine rings is 1. The highest BCUT2D eigenvalue weighted by Crippen LogP contribution is 2.14. The standard InChI is InChI=1S/C11H9N3O4S/c15-4-1-2-9-6-10(8-12-7-9)19(16,17)14-11-3-5-18-13-11/h3,5-8,15H,4H2,(H,13,14). The summed E-state index contributed by atoms with van der Waals surface area (Å²) in [5.74, 6) is 5.06. The van der Waals surface area contributed by atoms with Gasteiger partial charge < -0.3 is 9.63 Å². The Balaban J connectivity index is 2.30. The highest BCUT2D eigenvalue weighted by Gasteiger charge is 2.16. The third kappa shape index (κ3) is 3.31. The molecule has 98 valence electrons. The second-order valence-corrected chi connectivity index (χ2v) is 5.04. The second-order valence-electron chi connectivity index (χ2n) is 3.36. The molecule has 0 saturated carbocycles. The molecule has 0 aliphatic rings. The monoisotopic (exact) mass is 279 g/mol. The average molecular weight is 279 g/mol. The molecule has 0 aliphatic carbocycles. The van der Waals surface area contributed by atoms with Gasteiger partial charge >= 0.3 is 0 Å². The normalized spacial score (nSPS) is 10.6. The van der Waals surface area contributed by atoms with Gasteiger partial charge in [0.15, 0.2) is 5.82 Å². The highest BCUT2D eigenvalue weighted by atomic mass is 32.2. The largest absolute Gasteiger partial charge is 0.384 e. The zero-order valence-corrected chi connectivity index (χ0v) is 10.4. The molecule has 2 N–H and O–H groups in total. The highest BCUT2D eigenvalue weighted by molar-refractivity contribution is 7.92. The molecule has 8 heteroatoms. The lowest BCUT2D eigenvalue weighted by molar-refractivity contribution is 0.350. The Morgan fingerprint density at radius 3 is 2.95 bits per heavy atom. The van der Waals surface area contributed by atoms with Gasteiger partial charge in [-0.2, -0.15) is 0 Å². The molecule has 0 saturated heterocycles. The zero-order chi connectivity index (χ0) is 13.7. The minimum atomic E-state index is -3.80. The van der Waals surface area contributed by atoms with Gasteiger partial charge in [-0.15, -0.1) is 0 Å². The number of rotatable bonds is 3. The summed E-state index contributed by atoms with van der Waals surface area (Å²) in [5, 5.41) is 12.0. The van der Waals surface area contributed by atoms with Crippen LogP contribution in [-0.2, 0) is 10.0 Å². The van der Waals surface area contributed by atoms with Gasteiger partial charge in [-0.05, 0) is 6.07 Å². The van der Waals surface area contributed by atoms with E-state index < -0.39 is 10.0 Å². The van der Waals surface area contributed by atoms with Crippen molar-refractivity contribution < 1.29 is 18.0 Å². The van der Waals surface area contributed by atoms with E-state index in [1.807, 2.05) is 0 Å². The van der Waals surface area contributed by atoms with Crippen molar-refractivity contribution in [1.82, 2.24) is 10.1 Å². The van der Waals surface area contributed by atoms with Gasteiger partial charge in [0.1, 0.15) is 17.8 Å². The Morgan fingerprint density at radius 2 is 2.26 bits per heavy atom. The van der Waals surface area contributed by atoms with Gasteiger partial charge in [-0.3, -0.25) is 9.71 Å². The first-order chi connectivity index (χ1) is 9.12. The Morgan fingerprint density at radius 1 is 1.42 bits per heavy atom. The van der Waals surface area contributed by atoms with Gasteiger partial charge in [0.2, 0.25) is 0 Å². The van der Waals surface area contributed by atoms with Crippen LogP contribution in [-0.4, -0.2) is 30.3 Å². The molecule has 0 radical (unpaired) electrons. The summed E-state index contributed by atoms with van der Waals surface area (Å²) >= 11 is 0. The lowest BCUT2D eigenvalue weighted by Gasteiger charge is -2.04. The summed E-state index contributed by atoms with van der Waals surface area (Å²) in [6.45, 7) is -0.311. The Labute approximate surface area is 109 Å². The predicted molar refractivity (Wildman–Crippen MR) is 65.5 cm³/mol. The molecule has 0 spiro atoms. The van der Waals surface area contributed by atoms with E-state index >= 15 is 0 Å². The molecule has 0 bridgehead atoms. The number of hydrogen-bond acceptors (Lipinski definition) is 6. The van der Waals surface area contributed by atoms with Crippen molar-refractivity contribution in [2.24, 2.45) is 0 Å². The quantitative estimate of drug-likeness (QED) is 0.778. The molecule has 0 unspecified atom stereocenters. The van der Waals surface area contributed by atoms with Crippen molar-refractivity contribution in [3.63, 3.8) is 0 Å². The van der Waals surface area contributed by atoms with E-state index in [0.717, 1.165) is 0 Å². The van der Waals surface area contributed by atoms with Crippen molar-refractivity contribution in [3.8, 4) is 11.8 Å². The van der Waals surface area contributed by atoms with E-state index in [1.54, 1.807) is 0 Å². The molecule has 2 heterocycles. The van der Waals surface area contributed by atoms with Crippen molar-refractivity contribution in [2.75, 3.05) is 11.3 Å². The lowest BCUT2D eigenvalue weighted by Crippen LogP contribution is -2.13. The Bertz CT molecular complexity index is 714. The molecule has 0 amide bonds. The maximum atomic E-state index is 12.0. The molecule has 0 fully saturated rings. The van der Waals surface area contributed by atoms with Crippen molar-refractivity contribution in [3.05, 3.63) is 36.4 Å². The minimum Gasteiger partial charge on any atom is -0.384 e. The number of aromatic nitrogens is 2. The van der Waals surface area contributed by atoms with Crippen LogP contribution in [0.3, 0.4) is 0 Å². The van der Waals surface area contributed by atoms with Crippen molar-refractivity contribution in [2.45, 2.75) is 4.90 Å². The molecule has 2 aromatic heterocycles. The number of hydrogen-bond donors (Lipinski definition) is 2. The van der Waals surface area contributed by atoms with Crippen LogP contribution < -0.4 is 4.72 Å². The van der Waals surface area contributed by atoms with Crippen LogP contribution in [0.5, 0.6) is 0 Å². The Hall–Kier alpha value is -2.37. The fraction of sp³-hybridized carbons (Fsp3) is 0.0909. The maximum absolute atomic E-state index is 12.0. The lowest BCUT2D eigenvalue weighted by atomic mass is 10.3. The summed E-state index contributed by atoms with van der Waals surface area (Å²) in [6, 6.07) is 2.72. The van der Waals surface area contributed by atoms with Gasteiger partial charge in [0.05, 0.1) is 0 Å². The molecule has 0 aromatic carbocycles. The number of nitrogens with one attached hydrogen (secondary N) is 1. The number of aliphatic hydroxyl groups excluding tert-OH is 1. The van der Waals surface area contributed by atoms with Gasteiger partial charge in [0, 0.05) is 24.0 Å². The molecule has 2 rings (SSSR count). The van der Waals surface area contributed by atoms with Crippen LogP contribution in [0.4, 0.5) is 5.82 Å². The molecular weight excluding hydrogens is 270 g/mol. The third-order valence-electron chi connectivity index (χ3n) is 2.01. The number of aliphatic hydroxyl groups is 1. The van der Waals surface area contributed by atoms with E-state index in [-0.39, 0.29) is 17.3 Å². The van der Waals surface area contributed by atoms with Gasteiger partial charge in [-0.1, -0.05) is 17.0 Å². The SMILES string of the molecule is O=S(=O)(Nc1ccon1)c1cncc(C#CCO)c1. The van der Waals surface area contributed by atoms with Crippen LogP contribution in [0.1, 0.15) is 5.56 Å². The van der Waals surface area contributed by atoms with E-state index in [4.69, 9.17) is 5.11 Å². The first-order valence-corrected chi connectivity index (χ1v) is 6.58. The number of sulfonamides is 1. The van der Waals surface area contributed by atoms with Crippen LogP contribution in [0.25, 0.3) is 0 Å². The number of anilines is 1. The van der Waals surface area contributed by atoms with Crippen LogP contribution >= 0.6 is 0 Å². The second kappa shape index (κ2) is 5.51. The van der Waals surface area contributed by atoms with Gasteiger partial charge in [0.25, 0.3) is 10.0 Å². The summed E-state index contributed by atoms with van der Waals surface area (Å²) in [6.07, 6.45) is 3.84. The number of nitrogens with zero attached hydrogens (tertiary/aromatic N) is 2. The molecule has 2 aromatic rings. The van der Waals surface area contributed by atoms with Crippen molar-refractivity contribution in [1.29, 1.82) is 0 Å². The summed E-state index contributed by atoms with van der Waals surface area (Å²) in [4.78, 5) is 3.73. The molecule has 19 heavy (non-hydrogen) atoms. The topological polar surface area (TPSA) is 105 Å². The first kappa shape index (κ1) is 13.1. The van der Waals surface area contributed by atoms with E-state index in [1.165, 1.54) is 30.8 Å². The van der Waals surface area contributed by atoms with E-state index in [0.29, 0.717) is 5.56 Å². The molecule has 0 aliphatic heterocycles. The van der Waals surface area contributed by atoms with Crippen LogP contribution in [0.2, 0.25) is 0 Å². The predicted octanol–water partition coefficient (Wildman–Crippen LogP) is 0.214. The smallest absolute Gasteiger partial charge is 0.264 e. The Kier molecular flexibility index (Phi) is 3.79. The van der Waals surface area contributed by atoms with Crippen molar-refractivity contribution >= 4 is 15.8 Å². The fourth-order valence-electron chi connectivity index (χ4n) is 1.24. The van der Waals surface area contributed by atoms with Crippen LogP contribution in [0, 0.1) is 11.8 Å². The van der Waals surface area contributed by atoms with E-state index in [2.05, 4.69) is 31.2 Å². The summed E-state index contributed by atoms with van der Waals surface area (Å²) < 4.78 is 30.7. The molecule has 0 atom stereocenters. The van der Waals surface area contributed by atoms with Gasteiger partial charge in [-0.25, -0.2) is 8.42 Å². The van der Waals surface area contributed by atoms with E-state index in [9.17, 15) is 8.42 Å². The summed E-state index contributed by atoms with van der Waals surface area (Å²) in [5.41, 5.74) is 0.386. The minimum absolute atomic E-state index is 0.0553. The summed E-state index contributed by atoms with van der Waals surface area (Å²) in [7, 11) is -3.80. The third-order valence-corrected chi connectivity index (χ3v) is 3.33.